The van der Waals surface area contributed by atoms with Gasteiger partial charge in [0.15, 0.2) is 0 Å². The number of amides is 1. The highest BCUT2D eigenvalue weighted by Crippen LogP contribution is 2.49. The van der Waals surface area contributed by atoms with Gasteiger partial charge in [0.25, 0.3) is 0 Å². The van der Waals surface area contributed by atoms with Gasteiger partial charge >= 0.3 is 0 Å². The SMILES string of the molecule is O=C(CC1(CS)CC1)NC1(CO)CCC1. The van der Waals surface area contributed by atoms with Crippen LogP contribution in [0.3, 0.4) is 0 Å². The van der Waals surface area contributed by atoms with Crippen molar-refractivity contribution < 1.29 is 9.90 Å². The summed E-state index contributed by atoms with van der Waals surface area (Å²) in [6.45, 7) is 0.0760. The first-order chi connectivity index (χ1) is 7.14. The molecule has 1 amide bonds. The first-order valence-corrected chi connectivity index (χ1v) is 6.30. The molecule has 0 radical (unpaired) electrons. The van der Waals surface area contributed by atoms with Crippen molar-refractivity contribution in [2.45, 2.75) is 44.1 Å². The Morgan fingerprint density at radius 3 is 2.33 bits per heavy atom. The summed E-state index contributed by atoms with van der Waals surface area (Å²) in [4.78, 5) is 11.8. The molecule has 0 aliphatic heterocycles. The second kappa shape index (κ2) is 3.98. The van der Waals surface area contributed by atoms with E-state index in [1.165, 1.54) is 0 Å². The molecule has 2 N–H and O–H groups in total. The van der Waals surface area contributed by atoms with Crippen molar-refractivity contribution in [1.29, 1.82) is 0 Å². The fourth-order valence-corrected chi connectivity index (χ4v) is 2.60. The number of carbonyl (C=O) groups excluding carboxylic acids is 1. The fraction of sp³-hybridized carbons (Fsp3) is 0.909. The van der Waals surface area contributed by atoms with Crippen LogP contribution in [0.15, 0.2) is 0 Å². The molecule has 0 heterocycles. The summed E-state index contributed by atoms with van der Waals surface area (Å²) in [5, 5.41) is 12.2. The fourth-order valence-electron chi connectivity index (χ4n) is 2.17. The van der Waals surface area contributed by atoms with Crippen LogP contribution in [0.5, 0.6) is 0 Å². The molecule has 15 heavy (non-hydrogen) atoms. The van der Waals surface area contributed by atoms with Crippen molar-refractivity contribution in [3.63, 3.8) is 0 Å². The van der Waals surface area contributed by atoms with Crippen LogP contribution in [-0.2, 0) is 4.79 Å². The largest absolute Gasteiger partial charge is 0.394 e. The second-order valence-corrected chi connectivity index (χ2v) is 5.49. The van der Waals surface area contributed by atoms with Gasteiger partial charge in [0.1, 0.15) is 0 Å². The van der Waals surface area contributed by atoms with Crippen LogP contribution in [0, 0.1) is 5.41 Å². The average molecular weight is 229 g/mol. The molecule has 2 fully saturated rings. The van der Waals surface area contributed by atoms with Gasteiger partial charge in [-0.3, -0.25) is 4.79 Å². The van der Waals surface area contributed by atoms with E-state index in [9.17, 15) is 9.90 Å². The van der Waals surface area contributed by atoms with Crippen LogP contribution in [0.25, 0.3) is 0 Å². The van der Waals surface area contributed by atoms with E-state index in [-0.39, 0.29) is 23.5 Å². The Labute approximate surface area is 96.0 Å². The number of hydrogen-bond acceptors (Lipinski definition) is 3. The van der Waals surface area contributed by atoms with E-state index in [1.54, 1.807) is 0 Å². The van der Waals surface area contributed by atoms with E-state index in [0.29, 0.717) is 6.42 Å². The third-order valence-electron chi connectivity index (χ3n) is 3.85. The molecule has 0 aromatic rings. The lowest BCUT2D eigenvalue weighted by atomic mass is 9.77. The number of hydrogen-bond donors (Lipinski definition) is 3. The van der Waals surface area contributed by atoms with Gasteiger partial charge in [-0.15, -0.1) is 0 Å². The molecule has 0 bridgehead atoms. The van der Waals surface area contributed by atoms with Gasteiger partial charge in [-0.25, -0.2) is 0 Å². The molecule has 0 aromatic heterocycles. The third-order valence-corrected chi connectivity index (χ3v) is 4.52. The zero-order chi connectivity index (χ0) is 10.9. The summed E-state index contributed by atoms with van der Waals surface area (Å²) >= 11 is 4.28. The van der Waals surface area contributed by atoms with Crippen LogP contribution < -0.4 is 5.32 Å². The highest BCUT2D eigenvalue weighted by atomic mass is 32.1. The Balaban J connectivity index is 1.82. The van der Waals surface area contributed by atoms with E-state index in [1.807, 2.05) is 0 Å². The maximum absolute atomic E-state index is 11.8. The first kappa shape index (κ1) is 11.3. The molecule has 0 aromatic carbocycles. The van der Waals surface area contributed by atoms with Crippen LogP contribution in [0.2, 0.25) is 0 Å². The molecule has 3 nitrogen and oxygen atoms in total. The van der Waals surface area contributed by atoms with E-state index >= 15 is 0 Å². The maximum Gasteiger partial charge on any atom is 0.221 e. The number of thiol groups is 1. The van der Waals surface area contributed by atoms with E-state index in [4.69, 9.17) is 0 Å². The number of nitrogens with one attached hydrogen (secondary N) is 1. The van der Waals surface area contributed by atoms with E-state index in [2.05, 4.69) is 17.9 Å². The van der Waals surface area contributed by atoms with Gasteiger partial charge in [-0.1, -0.05) is 0 Å². The molecule has 4 heteroatoms. The summed E-state index contributed by atoms with van der Waals surface area (Å²) in [6, 6.07) is 0. The summed E-state index contributed by atoms with van der Waals surface area (Å²) < 4.78 is 0. The smallest absolute Gasteiger partial charge is 0.221 e. The lowest BCUT2D eigenvalue weighted by Gasteiger charge is -2.41. The summed E-state index contributed by atoms with van der Waals surface area (Å²) in [5.41, 5.74) is -0.114. The lowest BCUT2D eigenvalue weighted by molar-refractivity contribution is -0.126. The second-order valence-electron chi connectivity index (χ2n) is 5.18. The van der Waals surface area contributed by atoms with Crippen molar-refractivity contribution >= 4 is 18.5 Å². The summed E-state index contributed by atoms with van der Waals surface area (Å²) in [6.07, 6.45) is 5.77. The monoisotopic (exact) mass is 229 g/mol. The third kappa shape index (κ3) is 2.31. The zero-order valence-corrected chi connectivity index (χ0v) is 9.85. The minimum absolute atomic E-state index is 0.0760. The van der Waals surface area contributed by atoms with Gasteiger partial charge in [-0.05, 0) is 43.3 Å². The van der Waals surface area contributed by atoms with Gasteiger partial charge in [-0.2, -0.15) is 12.6 Å². The number of carbonyl (C=O) groups is 1. The minimum Gasteiger partial charge on any atom is -0.394 e. The van der Waals surface area contributed by atoms with Crippen LogP contribution in [-0.4, -0.2) is 28.9 Å². The Hall–Kier alpha value is -0.220. The predicted molar refractivity (Wildman–Crippen MR) is 61.9 cm³/mol. The molecule has 0 atom stereocenters. The maximum atomic E-state index is 11.8. The van der Waals surface area contributed by atoms with E-state index in [0.717, 1.165) is 37.9 Å². The molecule has 2 saturated carbocycles. The normalized spacial score (nSPS) is 25.5. The molecule has 0 saturated heterocycles. The van der Waals surface area contributed by atoms with Crippen molar-refractivity contribution in [2.75, 3.05) is 12.4 Å². The Bertz CT molecular complexity index is 254. The molecular weight excluding hydrogens is 210 g/mol. The van der Waals surface area contributed by atoms with Crippen molar-refractivity contribution in [1.82, 2.24) is 5.32 Å². The van der Waals surface area contributed by atoms with Crippen molar-refractivity contribution in [3.05, 3.63) is 0 Å². The van der Waals surface area contributed by atoms with Crippen LogP contribution in [0.1, 0.15) is 38.5 Å². The number of rotatable bonds is 5. The number of aliphatic hydroxyl groups is 1. The molecule has 86 valence electrons. The van der Waals surface area contributed by atoms with Gasteiger partial charge in [0.2, 0.25) is 5.91 Å². The highest BCUT2D eigenvalue weighted by molar-refractivity contribution is 7.80. The Morgan fingerprint density at radius 1 is 1.33 bits per heavy atom. The molecule has 2 aliphatic rings. The van der Waals surface area contributed by atoms with Gasteiger partial charge in [0.05, 0.1) is 12.1 Å². The van der Waals surface area contributed by atoms with Crippen molar-refractivity contribution in [2.24, 2.45) is 5.41 Å². The van der Waals surface area contributed by atoms with Crippen LogP contribution >= 0.6 is 12.6 Å². The quantitative estimate of drug-likeness (QED) is 0.619. The van der Waals surface area contributed by atoms with Crippen LogP contribution in [0.4, 0.5) is 0 Å². The van der Waals surface area contributed by atoms with E-state index < -0.39 is 0 Å². The topological polar surface area (TPSA) is 49.3 Å². The predicted octanol–water partition coefficient (Wildman–Crippen LogP) is 1.12. The number of aliphatic hydroxyl groups excluding tert-OH is 1. The molecular formula is C11H19NO2S. The summed E-state index contributed by atoms with van der Waals surface area (Å²) in [5.74, 6) is 0.891. The molecule has 0 unspecified atom stereocenters. The first-order valence-electron chi connectivity index (χ1n) is 5.67. The lowest BCUT2D eigenvalue weighted by Crippen LogP contribution is -2.56. The Morgan fingerprint density at radius 2 is 2.00 bits per heavy atom. The molecule has 2 aliphatic carbocycles. The molecule has 2 rings (SSSR count). The van der Waals surface area contributed by atoms with Gasteiger partial charge in [0, 0.05) is 6.42 Å². The summed E-state index contributed by atoms with van der Waals surface area (Å²) in [7, 11) is 0. The minimum atomic E-state index is -0.288. The standard InChI is InChI=1S/C11H19NO2S/c13-7-11(2-1-3-11)12-9(14)6-10(8-15)4-5-10/h13,15H,1-8H2,(H,12,14). The molecule has 0 spiro atoms. The Kier molecular flexibility index (Phi) is 2.99. The van der Waals surface area contributed by atoms with Crippen molar-refractivity contribution in [3.8, 4) is 0 Å². The highest BCUT2D eigenvalue weighted by Gasteiger charge is 2.45. The zero-order valence-electron chi connectivity index (χ0n) is 8.96. The van der Waals surface area contributed by atoms with Gasteiger partial charge < -0.3 is 10.4 Å². The average Bonchev–Trinajstić information content (AvgIpc) is 2.92.